The number of benzene rings is 2. The van der Waals surface area contributed by atoms with Crippen LogP contribution in [0.25, 0.3) is 11.0 Å². The van der Waals surface area contributed by atoms with E-state index in [-0.39, 0.29) is 18.4 Å². The molecule has 0 unspecified atom stereocenters. The molecule has 1 heterocycles. The quantitative estimate of drug-likeness (QED) is 0.518. The van der Waals surface area contributed by atoms with Gasteiger partial charge in [-0.05, 0) is 50.6 Å². The maximum absolute atomic E-state index is 12.5. The molecule has 0 aliphatic carbocycles. The van der Waals surface area contributed by atoms with E-state index in [2.05, 4.69) is 22.5 Å². The zero-order chi connectivity index (χ0) is 22.2. The molecule has 164 valence electrons. The topological polar surface area (TPSA) is 94.5 Å². The van der Waals surface area contributed by atoms with Crippen LogP contribution in [0.1, 0.15) is 37.6 Å². The molecule has 2 N–H and O–H groups in total. The number of fused-ring (bicyclic) bond motifs is 1. The molecule has 0 radical (unpaired) electrons. The number of carbonyl (C=O) groups is 2. The lowest BCUT2D eigenvalue weighted by Gasteiger charge is -2.13. The highest BCUT2D eigenvalue weighted by Gasteiger charge is 2.15. The smallest absolute Gasteiger partial charge is 0.251 e. The van der Waals surface area contributed by atoms with Gasteiger partial charge in [0.2, 0.25) is 11.9 Å². The highest BCUT2D eigenvalue weighted by Crippen LogP contribution is 2.28. The first-order chi connectivity index (χ1) is 15.1. The van der Waals surface area contributed by atoms with Crippen molar-refractivity contribution in [3.63, 3.8) is 0 Å². The van der Waals surface area contributed by atoms with E-state index in [4.69, 9.17) is 9.47 Å². The summed E-state index contributed by atoms with van der Waals surface area (Å²) < 4.78 is 13.0. The van der Waals surface area contributed by atoms with E-state index >= 15 is 0 Å². The Labute approximate surface area is 181 Å². The molecule has 8 heteroatoms. The van der Waals surface area contributed by atoms with Gasteiger partial charge in [-0.2, -0.15) is 0 Å². The lowest BCUT2D eigenvalue weighted by atomic mass is 10.2. The van der Waals surface area contributed by atoms with Crippen molar-refractivity contribution >= 4 is 28.8 Å². The van der Waals surface area contributed by atoms with Crippen LogP contribution in [0.4, 0.5) is 5.95 Å². The molecule has 3 rings (SSSR count). The number of aromatic nitrogens is 2. The van der Waals surface area contributed by atoms with Gasteiger partial charge in [0.1, 0.15) is 0 Å². The first-order valence-electron chi connectivity index (χ1n) is 10.5. The third-order valence-electron chi connectivity index (χ3n) is 4.57. The van der Waals surface area contributed by atoms with Gasteiger partial charge in [0.05, 0.1) is 30.8 Å². The Kier molecular flexibility index (Phi) is 7.48. The molecular formula is C23H28N4O4. The summed E-state index contributed by atoms with van der Waals surface area (Å²) in [6.07, 6.45) is 0.903. The number of rotatable bonds is 10. The van der Waals surface area contributed by atoms with Gasteiger partial charge in [0.15, 0.2) is 11.5 Å². The van der Waals surface area contributed by atoms with Crippen LogP contribution in [-0.4, -0.2) is 41.1 Å². The molecule has 0 aliphatic heterocycles. The van der Waals surface area contributed by atoms with Gasteiger partial charge >= 0.3 is 0 Å². The summed E-state index contributed by atoms with van der Waals surface area (Å²) in [5, 5.41) is 5.44. The summed E-state index contributed by atoms with van der Waals surface area (Å²) >= 11 is 0. The molecule has 0 saturated heterocycles. The van der Waals surface area contributed by atoms with Gasteiger partial charge in [-0.1, -0.05) is 19.1 Å². The molecule has 2 aromatic carbocycles. The Bertz CT molecular complexity index is 1060. The Hall–Kier alpha value is -3.55. The van der Waals surface area contributed by atoms with E-state index in [1.165, 1.54) is 0 Å². The fourth-order valence-corrected chi connectivity index (χ4v) is 3.24. The number of nitrogens with zero attached hydrogens (tertiary/aromatic N) is 2. The van der Waals surface area contributed by atoms with Gasteiger partial charge < -0.3 is 19.4 Å². The molecule has 8 nitrogen and oxygen atoms in total. The zero-order valence-corrected chi connectivity index (χ0v) is 18.1. The maximum Gasteiger partial charge on any atom is 0.251 e. The predicted molar refractivity (Wildman–Crippen MR) is 120 cm³/mol. The Morgan fingerprint density at radius 3 is 2.48 bits per heavy atom. The molecule has 0 spiro atoms. The minimum absolute atomic E-state index is 0.175. The van der Waals surface area contributed by atoms with E-state index in [1.54, 1.807) is 18.2 Å². The van der Waals surface area contributed by atoms with E-state index < -0.39 is 0 Å². The van der Waals surface area contributed by atoms with Crippen molar-refractivity contribution in [1.82, 2.24) is 14.9 Å². The van der Waals surface area contributed by atoms with Gasteiger partial charge in [-0.25, -0.2) is 4.98 Å². The summed E-state index contributed by atoms with van der Waals surface area (Å²) in [6, 6.07) is 12.7. The first-order valence-corrected chi connectivity index (χ1v) is 10.5. The molecule has 3 aromatic rings. The van der Waals surface area contributed by atoms with Crippen molar-refractivity contribution in [2.24, 2.45) is 0 Å². The van der Waals surface area contributed by atoms with E-state index in [0.717, 1.165) is 24.0 Å². The molecule has 0 saturated carbocycles. The van der Waals surface area contributed by atoms with Crippen molar-refractivity contribution in [1.29, 1.82) is 0 Å². The van der Waals surface area contributed by atoms with Crippen LogP contribution in [0.3, 0.4) is 0 Å². The van der Waals surface area contributed by atoms with E-state index in [9.17, 15) is 9.59 Å². The second-order valence-corrected chi connectivity index (χ2v) is 6.83. The van der Waals surface area contributed by atoms with Crippen LogP contribution in [0, 0.1) is 0 Å². The van der Waals surface area contributed by atoms with Crippen molar-refractivity contribution in [3.8, 4) is 11.5 Å². The lowest BCUT2D eigenvalue weighted by molar-refractivity contribution is -0.115. The second-order valence-electron chi connectivity index (χ2n) is 6.83. The molecule has 2 amide bonds. The lowest BCUT2D eigenvalue weighted by Crippen LogP contribution is -2.33. The zero-order valence-electron chi connectivity index (χ0n) is 18.1. The SMILES string of the molecule is CCCn1c(NC(=O)CNC(=O)c2ccc(OCC)c(OCC)c2)nc2ccccc21. The van der Waals surface area contributed by atoms with E-state index in [0.29, 0.717) is 36.2 Å². The number of hydrogen-bond donors (Lipinski definition) is 2. The highest BCUT2D eigenvalue weighted by molar-refractivity contribution is 5.99. The van der Waals surface area contributed by atoms with Crippen LogP contribution in [0.5, 0.6) is 11.5 Å². The fraction of sp³-hybridized carbons (Fsp3) is 0.348. The molecule has 31 heavy (non-hydrogen) atoms. The van der Waals surface area contributed by atoms with Gasteiger partial charge in [0, 0.05) is 12.1 Å². The van der Waals surface area contributed by atoms with Crippen LogP contribution in [0.15, 0.2) is 42.5 Å². The third-order valence-corrected chi connectivity index (χ3v) is 4.57. The van der Waals surface area contributed by atoms with Crippen molar-refractivity contribution < 1.29 is 19.1 Å². The average Bonchev–Trinajstić information content (AvgIpc) is 3.11. The average molecular weight is 425 g/mol. The summed E-state index contributed by atoms with van der Waals surface area (Å²) in [5.74, 6) is 0.823. The number of carbonyl (C=O) groups excluding carboxylic acids is 2. The Balaban J connectivity index is 1.66. The van der Waals surface area contributed by atoms with Crippen molar-refractivity contribution in [2.45, 2.75) is 33.7 Å². The van der Waals surface area contributed by atoms with Crippen LogP contribution in [-0.2, 0) is 11.3 Å². The fourth-order valence-electron chi connectivity index (χ4n) is 3.24. The monoisotopic (exact) mass is 424 g/mol. The maximum atomic E-state index is 12.5. The number of anilines is 1. The van der Waals surface area contributed by atoms with Crippen LogP contribution in [0.2, 0.25) is 0 Å². The number of aryl methyl sites for hydroxylation is 1. The predicted octanol–water partition coefficient (Wildman–Crippen LogP) is 3.61. The Morgan fingerprint density at radius 2 is 1.74 bits per heavy atom. The molecule has 1 aromatic heterocycles. The van der Waals surface area contributed by atoms with E-state index in [1.807, 2.05) is 42.7 Å². The summed E-state index contributed by atoms with van der Waals surface area (Å²) in [7, 11) is 0. The number of ether oxygens (including phenoxy) is 2. The number of para-hydroxylation sites is 2. The summed E-state index contributed by atoms with van der Waals surface area (Å²) in [5.41, 5.74) is 2.16. The van der Waals surface area contributed by atoms with Crippen LogP contribution >= 0.6 is 0 Å². The van der Waals surface area contributed by atoms with Crippen LogP contribution < -0.4 is 20.1 Å². The standard InChI is InChI=1S/C23H28N4O4/c1-4-13-27-18-10-8-7-9-17(18)25-23(27)26-21(28)15-24-22(29)16-11-12-19(30-5-2)20(14-16)31-6-3/h7-12,14H,4-6,13,15H2,1-3H3,(H,24,29)(H,25,26,28). The Morgan fingerprint density at radius 1 is 1.00 bits per heavy atom. The minimum Gasteiger partial charge on any atom is -0.490 e. The van der Waals surface area contributed by atoms with Crippen molar-refractivity contribution in [2.75, 3.05) is 25.1 Å². The van der Waals surface area contributed by atoms with Crippen molar-refractivity contribution in [3.05, 3.63) is 48.0 Å². The van der Waals surface area contributed by atoms with Gasteiger partial charge in [0.25, 0.3) is 5.91 Å². The number of amides is 2. The molecule has 0 atom stereocenters. The number of hydrogen-bond acceptors (Lipinski definition) is 5. The molecule has 0 fully saturated rings. The molecule has 0 bridgehead atoms. The van der Waals surface area contributed by atoms with Gasteiger partial charge in [-0.15, -0.1) is 0 Å². The minimum atomic E-state index is -0.374. The third kappa shape index (κ3) is 5.33. The van der Waals surface area contributed by atoms with Gasteiger partial charge in [-0.3, -0.25) is 14.9 Å². The first kappa shape index (κ1) is 22.1. The molecular weight excluding hydrogens is 396 g/mol. The second kappa shape index (κ2) is 10.5. The highest BCUT2D eigenvalue weighted by atomic mass is 16.5. The summed E-state index contributed by atoms with van der Waals surface area (Å²) in [4.78, 5) is 29.5. The number of imidazole rings is 1. The number of nitrogens with one attached hydrogen (secondary N) is 2. The molecule has 0 aliphatic rings. The summed E-state index contributed by atoms with van der Waals surface area (Å²) in [6.45, 7) is 7.30. The largest absolute Gasteiger partial charge is 0.490 e. The normalized spacial score (nSPS) is 10.7.